The first kappa shape index (κ1) is 11.8. The van der Waals surface area contributed by atoms with Crippen LogP contribution in [0, 0.1) is 15.3 Å². The molecule has 0 unspecified atom stereocenters. The molecular formula is C11H9N3O4. The van der Waals surface area contributed by atoms with Gasteiger partial charge in [0.15, 0.2) is 6.20 Å². The zero-order valence-corrected chi connectivity index (χ0v) is 9.22. The summed E-state index contributed by atoms with van der Waals surface area (Å²) in [6.45, 7) is 0.262. The molecule has 0 amide bonds. The molecule has 0 bridgehead atoms. The Hall–Kier alpha value is -2.70. The molecule has 1 aromatic heterocycles. The molecule has 0 atom stereocenters. The molecule has 0 N–H and O–H groups in total. The predicted molar refractivity (Wildman–Crippen MR) is 61.9 cm³/mol. The van der Waals surface area contributed by atoms with Gasteiger partial charge in [-0.25, -0.2) is 0 Å². The summed E-state index contributed by atoms with van der Waals surface area (Å²) >= 11 is 0. The summed E-state index contributed by atoms with van der Waals surface area (Å²) in [7, 11) is 0. The Balaban J connectivity index is 2.23. The molecule has 2 rings (SSSR count). The van der Waals surface area contributed by atoms with E-state index in [0.717, 1.165) is 11.8 Å². The molecule has 18 heavy (non-hydrogen) atoms. The Kier molecular flexibility index (Phi) is 3.05. The van der Waals surface area contributed by atoms with Gasteiger partial charge in [-0.3, -0.25) is 19.5 Å². The van der Waals surface area contributed by atoms with Gasteiger partial charge >= 0.3 is 5.56 Å². The summed E-state index contributed by atoms with van der Waals surface area (Å²) in [4.78, 5) is 21.4. The van der Waals surface area contributed by atoms with Crippen molar-refractivity contribution in [2.24, 2.45) is 0 Å². The van der Waals surface area contributed by atoms with Crippen LogP contribution in [0.4, 0.5) is 5.69 Å². The second-order valence-corrected chi connectivity index (χ2v) is 3.68. The highest BCUT2D eigenvalue weighted by Crippen LogP contribution is 2.12. The van der Waals surface area contributed by atoms with Crippen LogP contribution < -0.4 is 10.3 Å². The average molecular weight is 247 g/mol. The molecule has 0 radical (unpaired) electrons. The summed E-state index contributed by atoms with van der Waals surface area (Å²) in [5.74, 6) is 0. The summed E-state index contributed by atoms with van der Waals surface area (Å²) < 4.78 is 1.77. The quantitative estimate of drug-likeness (QED) is 0.340. The van der Waals surface area contributed by atoms with Gasteiger partial charge in [-0.2, -0.15) is 4.73 Å². The van der Waals surface area contributed by atoms with Crippen LogP contribution in [-0.4, -0.2) is 9.49 Å². The number of hydrogen-bond donors (Lipinski definition) is 0. The van der Waals surface area contributed by atoms with Crippen molar-refractivity contribution in [2.75, 3.05) is 0 Å². The third-order valence-electron chi connectivity index (χ3n) is 2.41. The smallest absolute Gasteiger partial charge is 0.316 e. The number of aromatic nitrogens is 2. The zero-order valence-electron chi connectivity index (χ0n) is 9.22. The van der Waals surface area contributed by atoms with E-state index in [9.17, 15) is 20.1 Å². The summed E-state index contributed by atoms with van der Waals surface area (Å²) in [6, 6.07) is 5.89. The lowest BCUT2D eigenvalue weighted by Gasteiger charge is -2.04. The van der Waals surface area contributed by atoms with Crippen molar-refractivity contribution >= 4 is 5.69 Å². The SMILES string of the molecule is O=c1c[n+]([O-])ccn1Cc1ccc([N+](=O)[O-])cc1. The Labute approximate surface area is 101 Å². The number of nitrogens with zero attached hydrogens (tertiary/aromatic N) is 3. The lowest BCUT2D eigenvalue weighted by Crippen LogP contribution is -2.34. The third-order valence-corrected chi connectivity index (χ3v) is 2.41. The Morgan fingerprint density at radius 1 is 1.28 bits per heavy atom. The Bertz CT molecular complexity index is 633. The molecule has 7 nitrogen and oxygen atoms in total. The number of nitro groups is 1. The fourth-order valence-electron chi connectivity index (χ4n) is 1.50. The maximum absolute atomic E-state index is 11.5. The highest BCUT2D eigenvalue weighted by atomic mass is 16.6. The fourth-order valence-corrected chi connectivity index (χ4v) is 1.50. The number of benzene rings is 1. The Morgan fingerprint density at radius 3 is 2.50 bits per heavy atom. The minimum Gasteiger partial charge on any atom is -0.619 e. The van der Waals surface area contributed by atoms with Crippen molar-refractivity contribution < 1.29 is 9.65 Å². The molecule has 92 valence electrons. The van der Waals surface area contributed by atoms with E-state index in [4.69, 9.17) is 0 Å². The number of rotatable bonds is 3. The third kappa shape index (κ3) is 2.51. The highest BCUT2D eigenvalue weighted by Gasteiger charge is 2.05. The van der Waals surface area contributed by atoms with Crippen molar-refractivity contribution in [1.82, 2.24) is 4.57 Å². The van der Waals surface area contributed by atoms with Gasteiger partial charge in [-0.05, 0) is 5.56 Å². The van der Waals surface area contributed by atoms with Gasteiger partial charge in [0.1, 0.15) is 0 Å². The van der Waals surface area contributed by atoms with E-state index >= 15 is 0 Å². The maximum Gasteiger partial charge on any atom is 0.316 e. The van der Waals surface area contributed by atoms with Gasteiger partial charge in [0.2, 0.25) is 6.20 Å². The van der Waals surface area contributed by atoms with E-state index in [-0.39, 0.29) is 12.2 Å². The van der Waals surface area contributed by atoms with E-state index in [2.05, 4.69) is 0 Å². The lowest BCUT2D eigenvalue weighted by molar-refractivity contribution is -0.607. The van der Waals surface area contributed by atoms with E-state index in [1.54, 1.807) is 12.1 Å². The van der Waals surface area contributed by atoms with Gasteiger partial charge in [0.25, 0.3) is 5.69 Å². The Morgan fingerprint density at radius 2 is 1.94 bits per heavy atom. The normalized spacial score (nSPS) is 10.2. The van der Waals surface area contributed by atoms with E-state index in [1.165, 1.54) is 29.1 Å². The lowest BCUT2D eigenvalue weighted by atomic mass is 10.2. The summed E-state index contributed by atoms with van der Waals surface area (Å²) in [5, 5.41) is 21.3. The van der Waals surface area contributed by atoms with Gasteiger partial charge in [0, 0.05) is 12.1 Å². The first-order valence-electron chi connectivity index (χ1n) is 5.09. The van der Waals surface area contributed by atoms with Gasteiger partial charge in [-0.1, -0.05) is 12.1 Å². The van der Waals surface area contributed by atoms with E-state index < -0.39 is 10.5 Å². The van der Waals surface area contributed by atoms with E-state index in [0.29, 0.717) is 4.73 Å². The molecule has 1 heterocycles. The number of hydrogen-bond acceptors (Lipinski definition) is 4. The highest BCUT2D eigenvalue weighted by molar-refractivity contribution is 5.32. The van der Waals surface area contributed by atoms with Crippen LogP contribution in [0.2, 0.25) is 0 Å². The first-order valence-corrected chi connectivity index (χ1v) is 5.09. The number of nitro benzene ring substituents is 1. The average Bonchev–Trinajstić information content (AvgIpc) is 2.33. The molecule has 7 heteroatoms. The van der Waals surface area contributed by atoms with Crippen molar-refractivity contribution in [3.8, 4) is 0 Å². The monoisotopic (exact) mass is 247 g/mol. The molecule has 0 saturated heterocycles. The zero-order chi connectivity index (χ0) is 13.1. The number of non-ortho nitro benzene ring substituents is 1. The molecule has 0 aliphatic rings. The van der Waals surface area contributed by atoms with Crippen molar-refractivity contribution in [3.05, 3.63) is 74.1 Å². The molecular weight excluding hydrogens is 238 g/mol. The maximum atomic E-state index is 11.5. The van der Waals surface area contributed by atoms with E-state index in [1.807, 2.05) is 0 Å². The van der Waals surface area contributed by atoms with Crippen LogP contribution in [0.15, 0.2) is 47.7 Å². The predicted octanol–water partition coefficient (Wildman–Crippen LogP) is 0.438. The van der Waals surface area contributed by atoms with Gasteiger partial charge < -0.3 is 5.21 Å². The second kappa shape index (κ2) is 4.66. The van der Waals surface area contributed by atoms with Crippen molar-refractivity contribution in [3.63, 3.8) is 0 Å². The van der Waals surface area contributed by atoms with Crippen LogP contribution >= 0.6 is 0 Å². The van der Waals surface area contributed by atoms with Crippen LogP contribution in [-0.2, 0) is 6.54 Å². The van der Waals surface area contributed by atoms with Crippen LogP contribution in [0.5, 0.6) is 0 Å². The van der Waals surface area contributed by atoms with Crippen LogP contribution in [0.25, 0.3) is 0 Å². The summed E-state index contributed by atoms with van der Waals surface area (Å²) in [5.41, 5.74) is 0.314. The molecule has 0 aliphatic heterocycles. The minimum atomic E-state index is -0.487. The standard InChI is InChI=1S/C11H9N3O4/c15-11-8-13(16)6-5-12(11)7-9-1-3-10(4-2-9)14(17)18/h1-6,8H,7H2. The first-order chi connectivity index (χ1) is 8.56. The molecule has 0 aliphatic carbocycles. The molecule has 1 aromatic carbocycles. The van der Waals surface area contributed by atoms with Crippen molar-refractivity contribution in [2.45, 2.75) is 6.54 Å². The molecule has 0 saturated carbocycles. The fraction of sp³-hybridized carbons (Fsp3) is 0.0909. The molecule has 0 fully saturated rings. The van der Waals surface area contributed by atoms with Gasteiger partial charge in [-0.15, -0.1) is 0 Å². The van der Waals surface area contributed by atoms with Crippen LogP contribution in [0.3, 0.4) is 0 Å². The summed E-state index contributed by atoms with van der Waals surface area (Å²) in [6.07, 6.45) is 3.51. The molecule has 0 spiro atoms. The van der Waals surface area contributed by atoms with Gasteiger partial charge in [0.05, 0.1) is 17.7 Å². The van der Waals surface area contributed by atoms with Crippen LogP contribution in [0.1, 0.15) is 5.56 Å². The molecule has 2 aromatic rings. The minimum absolute atomic E-state index is 0.00319. The topological polar surface area (TPSA) is 92.1 Å². The van der Waals surface area contributed by atoms with Crippen molar-refractivity contribution in [1.29, 1.82) is 0 Å². The largest absolute Gasteiger partial charge is 0.619 e. The second-order valence-electron chi connectivity index (χ2n) is 3.68.